The molecule has 0 fully saturated rings. The van der Waals surface area contributed by atoms with Gasteiger partial charge in [0, 0.05) is 11.8 Å². The first-order valence-electron chi connectivity index (χ1n) is 12.2. The topological polar surface area (TPSA) is 63.0 Å². The lowest BCUT2D eigenvalue weighted by Gasteiger charge is -2.19. The van der Waals surface area contributed by atoms with Gasteiger partial charge in [-0.1, -0.05) is 71.3 Å². The summed E-state index contributed by atoms with van der Waals surface area (Å²) in [5.74, 6) is -0.0249. The Balaban J connectivity index is 1.90. The molecule has 1 heterocycles. The number of aryl methyl sites for hydroxylation is 1. The first-order valence-corrected chi connectivity index (χ1v) is 12.2. The summed E-state index contributed by atoms with van der Waals surface area (Å²) in [5.41, 5.74) is 2.03. The summed E-state index contributed by atoms with van der Waals surface area (Å²) in [4.78, 5) is 17.2. The molecule has 172 valence electrons. The number of unbranched alkanes of at least 4 members (excludes halogenated alkanes) is 7. The van der Waals surface area contributed by atoms with E-state index in [1.54, 1.807) is 19.1 Å². The molecule has 4 nitrogen and oxygen atoms in total. The fraction of sp³-hybridized carbons (Fsp3) is 0.536. The van der Waals surface area contributed by atoms with Gasteiger partial charge in [-0.3, -0.25) is 4.98 Å². The highest BCUT2D eigenvalue weighted by atomic mass is 16.5. The van der Waals surface area contributed by atoms with Crippen molar-refractivity contribution >= 4 is 5.97 Å². The highest BCUT2D eigenvalue weighted by molar-refractivity contribution is 5.81. The van der Waals surface area contributed by atoms with Gasteiger partial charge in [-0.15, -0.1) is 0 Å². The van der Waals surface area contributed by atoms with Gasteiger partial charge in [0.05, 0.1) is 11.8 Å². The van der Waals surface area contributed by atoms with Gasteiger partial charge in [-0.2, -0.15) is 5.26 Å². The molecule has 0 amide bonds. The van der Waals surface area contributed by atoms with Crippen LogP contribution >= 0.6 is 0 Å². The number of nitrogens with zero attached hydrogens (tertiary/aromatic N) is 2. The van der Waals surface area contributed by atoms with Crippen molar-refractivity contribution in [2.45, 2.75) is 91.4 Å². The third-order valence-corrected chi connectivity index (χ3v) is 5.98. The maximum absolute atomic E-state index is 12.6. The van der Waals surface area contributed by atoms with Gasteiger partial charge in [-0.25, -0.2) is 4.79 Å². The molecule has 1 unspecified atom stereocenters. The Morgan fingerprint density at radius 1 is 0.938 bits per heavy atom. The molecule has 2 aromatic rings. The van der Waals surface area contributed by atoms with Crippen molar-refractivity contribution in [1.29, 1.82) is 5.26 Å². The van der Waals surface area contributed by atoms with E-state index < -0.39 is 11.4 Å². The molecule has 4 heteroatoms. The Morgan fingerprint density at radius 3 is 2.19 bits per heavy atom. The lowest BCUT2D eigenvalue weighted by atomic mass is 9.86. The first kappa shape index (κ1) is 25.6. The monoisotopic (exact) mass is 434 g/mol. The Kier molecular flexibility index (Phi) is 10.9. The molecule has 0 spiro atoms. The van der Waals surface area contributed by atoms with E-state index in [1.807, 2.05) is 24.4 Å². The molecule has 32 heavy (non-hydrogen) atoms. The van der Waals surface area contributed by atoms with E-state index >= 15 is 0 Å². The number of ether oxygens (including phenoxy) is 1. The van der Waals surface area contributed by atoms with E-state index in [2.05, 4.69) is 31.0 Å². The zero-order valence-corrected chi connectivity index (χ0v) is 20.0. The molecule has 0 aliphatic carbocycles. The van der Waals surface area contributed by atoms with E-state index in [0.717, 1.165) is 43.4 Å². The van der Waals surface area contributed by atoms with Crippen molar-refractivity contribution in [3.63, 3.8) is 0 Å². The molecular weight excluding hydrogens is 396 g/mol. The van der Waals surface area contributed by atoms with Gasteiger partial charge < -0.3 is 4.74 Å². The smallest absolute Gasteiger partial charge is 0.331 e. The summed E-state index contributed by atoms with van der Waals surface area (Å²) in [6, 6.07) is 13.7. The lowest BCUT2D eigenvalue weighted by molar-refractivity contribution is -0.142. The van der Waals surface area contributed by atoms with E-state index in [4.69, 9.17) is 4.74 Å². The molecule has 0 aliphatic heterocycles. The van der Waals surface area contributed by atoms with Crippen molar-refractivity contribution in [3.05, 3.63) is 48.2 Å². The predicted octanol–water partition coefficient (Wildman–Crippen LogP) is 7.67. The second-order valence-electron chi connectivity index (χ2n) is 8.88. The van der Waals surface area contributed by atoms with Crippen molar-refractivity contribution in [3.8, 4) is 23.1 Å². The van der Waals surface area contributed by atoms with Crippen LogP contribution in [-0.2, 0) is 11.2 Å². The third-order valence-electron chi connectivity index (χ3n) is 5.98. The largest absolute Gasteiger partial charge is 0.425 e. The van der Waals surface area contributed by atoms with Crippen molar-refractivity contribution in [2.75, 3.05) is 0 Å². The molecule has 1 atom stereocenters. The number of carbonyl (C=O) groups is 1. The van der Waals surface area contributed by atoms with Gasteiger partial charge in [0.2, 0.25) is 0 Å². The SMILES string of the molecule is CCCCCCCc1ccc(-c2ccc(OC(=O)C(C)(C#N)CCCCCC)cc2)nc1. The number of hydrogen-bond donors (Lipinski definition) is 0. The summed E-state index contributed by atoms with van der Waals surface area (Å²) in [6.45, 7) is 6.05. The minimum Gasteiger partial charge on any atom is -0.425 e. The number of hydrogen-bond acceptors (Lipinski definition) is 4. The lowest BCUT2D eigenvalue weighted by Crippen LogP contribution is -2.30. The number of benzene rings is 1. The number of carbonyl (C=O) groups excluding carboxylic acids is 1. The second kappa shape index (κ2) is 13.7. The molecule has 2 rings (SSSR count). The average Bonchev–Trinajstić information content (AvgIpc) is 2.82. The zero-order valence-electron chi connectivity index (χ0n) is 20.0. The predicted molar refractivity (Wildman–Crippen MR) is 130 cm³/mol. The van der Waals surface area contributed by atoms with E-state index in [0.29, 0.717) is 12.2 Å². The minimum atomic E-state index is -1.11. The normalized spacial score (nSPS) is 12.7. The summed E-state index contributed by atoms with van der Waals surface area (Å²) in [6.07, 6.45) is 14.1. The summed E-state index contributed by atoms with van der Waals surface area (Å²) in [7, 11) is 0. The first-order chi connectivity index (χ1) is 15.5. The van der Waals surface area contributed by atoms with Gasteiger partial charge >= 0.3 is 5.97 Å². The molecule has 0 radical (unpaired) electrons. The van der Waals surface area contributed by atoms with Gasteiger partial charge in [-0.05, 0) is 62.1 Å². The van der Waals surface area contributed by atoms with Gasteiger partial charge in [0.25, 0.3) is 0 Å². The molecule has 0 saturated carbocycles. The Labute approximate surface area is 194 Å². The quantitative estimate of drug-likeness (QED) is 0.174. The van der Waals surface area contributed by atoms with Crippen LogP contribution in [0.2, 0.25) is 0 Å². The molecule has 1 aromatic carbocycles. The van der Waals surface area contributed by atoms with Gasteiger partial charge in [0.1, 0.15) is 5.75 Å². The van der Waals surface area contributed by atoms with Crippen molar-refractivity contribution in [1.82, 2.24) is 4.98 Å². The Bertz CT molecular complexity index is 852. The summed E-state index contributed by atoms with van der Waals surface area (Å²) in [5, 5.41) is 9.54. The number of pyridine rings is 1. The molecule has 0 aliphatic rings. The average molecular weight is 435 g/mol. The Hall–Kier alpha value is -2.67. The fourth-order valence-electron chi connectivity index (χ4n) is 3.70. The van der Waals surface area contributed by atoms with Crippen LogP contribution in [0.4, 0.5) is 0 Å². The fourth-order valence-corrected chi connectivity index (χ4v) is 3.70. The van der Waals surface area contributed by atoms with Crippen LogP contribution in [-0.4, -0.2) is 11.0 Å². The molecular formula is C28H38N2O2. The zero-order chi connectivity index (χ0) is 23.2. The second-order valence-corrected chi connectivity index (χ2v) is 8.88. The number of esters is 1. The van der Waals surface area contributed by atoms with Crippen LogP contribution in [0.5, 0.6) is 5.75 Å². The molecule has 1 aromatic heterocycles. The molecule has 0 N–H and O–H groups in total. The number of rotatable bonds is 14. The van der Waals surface area contributed by atoms with Crippen LogP contribution in [0.15, 0.2) is 42.6 Å². The van der Waals surface area contributed by atoms with E-state index in [1.165, 1.54) is 37.7 Å². The van der Waals surface area contributed by atoms with Crippen LogP contribution in [0.25, 0.3) is 11.3 Å². The van der Waals surface area contributed by atoms with Crippen LogP contribution < -0.4 is 4.74 Å². The standard InChI is InChI=1S/C28H38N2O2/c1-4-6-8-10-11-13-23-14-19-26(30-21-23)24-15-17-25(18-16-24)32-27(31)28(3,22-29)20-12-9-7-5-2/h14-19,21H,4-13,20H2,1-3H3. The minimum absolute atomic E-state index is 0.456. The molecule has 0 saturated heterocycles. The van der Waals surface area contributed by atoms with E-state index in [9.17, 15) is 10.1 Å². The highest BCUT2D eigenvalue weighted by Crippen LogP contribution is 2.28. The Morgan fingerprint density at radius 2 is 1.59 bits per heavy atom. The summed E-state index contributed by atoms with van der Waals surface area (Å²) < 4.78 is 5.53. The van der Waals surface area contributed by atoms with Gasteiger partial charge in [0.15, 0.2) is 5.41 Å². The van der Waals surface area contributed by atoms with Crippen molar-refractivity contribution < 1.29 is 9.53 Å². The van der Waals surface area contributed by atoms with Crippen molar-refractivity contribution in [2.24, 2.45) is 5.41 Å². The molecule has 0 bridgehead atoms. The summed E-state index contributed by atoms with van der Waals surface area (Å²) >= 11 is 0. The van der Waals surface area contributed by atoms with Crippen LogP contribution in [0.1, 0.15) is 90.5 Å². The third kappa shape index (κ3) is 8.11. The van der Waals surface area contributed by atoms with Crippen LogP contribution in [0, 0.1) is 16.7 Å². The number of nitriles is 1. The maximum Gasteiger partial charge on any atom is 0.331 e. The van der Waals surface area contributed by atoms with E-state index in [-0.39, 0.29) is 0 Å². The van der Waals surface area contributed by atoms with Crippen LogP contribution in [0.3, 0.4) is 0 Å². The highest BCUT2D eigenvalue weighted by Gasteiger charge is 2.35. The maximum atomic E-state index is 12.6. The number of aromatic nitrogens is 1.